The molecule has 0 aromatic carbocycles. The van der Waals surface area contributed by atoms with E-state index in [9.17, 15) is 14.7 Å². The van der Waals surface area contributed by atoms with E-state index in [0.29, 0.717) is 32.1 Å². The number of aliphatic hydroxyl groups excluding tert-OH is 1. The van der Waals surface area contributed by atoms with Gasteiger partial charge in [-0.15, -0.1) is 0 Å². The van der Waals surface area contributed by atoms with Gasteiger partial charge in [-0.25, -0.2) is 0 Å². The predicted octanol–water partition coefficient (Wildman–Crippen LogP) is 2.42. The SMILES string of the molecule is CC(O)C(=O)N1CCN(C(=O)C2CCC(C3CCCCC3)CC2)CC1. The number of carbonyl (C=O) groups is 2. The second-order valence-corrected chi connectivity index (χ2v) is 8.34. The fourth-order valence-electron chi connectivity index (χ4n) is 5.11. The van der Waals surface area contributed by atoms with Gasteiger partial charge in [0.15, 0.2) is 0 Å². The van der Waals surface area contributed by atoms with E-state index >= 15 is 0 Å². The van der Waals surface area contributed by atoms with E-state index in [4.69, 9.17) is 0 Å². The second-order valence-electron chi connectivity index (χ2n) is 8.34. The molecule has 0 bridgehead atoms. The molecule has 3 fully saturated rings. The maximum absolute atomic E-state index is 12.8. The van der Waals surface area contributed by atoms with Gasteiger partial charge in [0, 0.05) is 32.1 Å². The zero-order valence-corrected chi connectivity index (χ0v) is 15.7. The van der Waals surface area contributed by atoms with Crippen LogP contribution in [0.5, 0.6) is 0 Å². The van der Waals surface area contributed by atoms with Gasteiger partial charge in [0.1, 0.15) is 6.10 Å². The van der Waals surface area contributed by atoms with Crippen molar-refractivity contribution in [3.05, 3.63) is 0 Å². The van der Waals surface area contributed by atoms with Crippen LogP contribution in [0.4, 0.5) is 0 Å². The molecule has 0 aromatic rings. The van der Waals surface area contributed by atoms with Gasteiger partial charge in [0.05, 0.1) is 0 Å². The van der Waals surface area contributed by atoms with E-state index in [2.05, 4.69) is 0 Å². The third-order valence-corrected chi connectivity index (χ3v) is 6.70. The average Bonchev–Trinajstić information content (AvgIpc) is 2.67. The lowest BCUT2D eigenvalue weighted by Crippen LogP contribution is -2.53. The minimum Gasteiger partial charge on any atom is -0.384 e. The highest BCUT2D eigenvalue weighted by molar-refractivity contribution is 5.81. The molecule has 2 saturated carbocycles. The van der Waals surface area contributed by atoms with Gasteiger partial charge in [-0.2, -0.15) is 0 Å². The first-order valence-electron chi connectivity index (χ1n) is 10.3. The number of aliphatic hydroxyl groups is 1. The van der Waals surface area contributed by atoms with Crippen LogP contribution >= 0.6 is 0 Å². The highest BCUT2D eigenvalue weighted by atomic mass is 16.3. The first-order chi connectivity index (χ1) is 12.1. The van der Waals surface area contributed by atoms with Crippen molar-refractivity contribution in [3.8, 4) is 0 Å². The largest absolute Gasteiger partial charge is 0.384 e. The molecule has 5 heteroatoms. The molecule has 3 rings (SSSR count). The fourth-order valence-corrected chi connectivity index (χ4v) is 5.11. The maximum Gasteiger partial charge on any atom is 0.251 e. The summed E-state index contributed by atoms with van der Waals surface area (Å²) in [5, 5.41) is 9.41. The Morgan fingerprint density at radius 2 is 1.32 bits per heavy atom. The highest BCUT2D eigenvalue weighted by Crippen LogP contribution is 2.40. The smallest absolute Gasteiger partial charge is 0.251 e. The summed E-state index contributed by atoms with van der Waals surface area (Å²) in [6.45, 7) is 3.82. The van der Waals surface area contributed by atoms with E-state index in [1.807, 2.05) is 4.90 Å². The van der Waals surface area contributed by atoms with Crippen LogP contribution in [0.15, 0.2) is 0 Å². The molecular weight excluding hydrogens is 316 g/mol. The Bertz CT molecular complexity index is 458. The van der Waals surface area contributed by atoms with Crippen molar-refractivity contribution < 1.29 is 14.7 Å². The second kappa shape index (κ2) is 8.52. The van der Waals surface area contributed by atoms with Crippen molar-refractivity contribution >= 4 is 11.8 Å². The van der Waals surface area contributed by atoms with Crippen molar-refractivity contribution in [3.63, 3.8) is 0 Å². The van der Waals surface area contributed by atoms with Crippen LogP contribution < -0.4 is 0 Å². The van der Waals surface area contributed by atoms with E-state index in [-0.39, 0.29) is 11.8 Å². The first-order valence-corrected chi connectivity index (χ1v) is 10.3. The summed E-state index contributed by atoms with van der Waals surface area (Å²) >= 11 is 0. The number of piperazine rings is 1. The molecule has 142 valence electrons. The lowest BCUT2D eigenvalue weighted by atomic mass is 9.71. The standard InChI is InChI=1S/C20H34N2O3/c1-15(23)19(24)21-11-13-22(14-12-21)20(25)18-9-7-17(8-10-18)16-5-3-2-4-6-16/h15-18,23H,2-14H2,1H3. The summed E-state index contributed by atoms with van der Waals surface area (Å²) in [7, 11) is 0. The van der Waals surface area contributed by atoms with Crippen molar-refractivity contribution in [2.24, 2.45) is 17.8 Å². The van der Waals surface area contributed by atoms with Gasteiger partial charge in [0.25, 0.3) is 5.91 Å². The number of carbonyl (C=O) groups excluding carboxylic acids is 2. The van der Waals surface area contributed by atoms with Gasteiger partial charge in [0.2, 0.25) is 5.91 Å². The van der Waals surface area contributed by atoms with Crippen molar-refractivity contribution in [1.82, 2.24) is 9.80 Å². The van der Waals surface area contributed by atoms with Crippen LogP contribution in [-0.4, -0.2) is 59.0 Å². The normalized spacial score (nSPS) is 30.2. The summed E-state index contributed by atoms with van der Waals surface area (Å²) < 4.78 is 0. The molecule has 3 aliphatic rings. The molecule has 1 saturated heterocycles. The molecular formula is C20H34N2O3. The van der Waals surface area contributed by atoms with Crippen LogP contribution in [0, 0.1) is 17.8 Å². The van der Waals surface area contributed by atoms with Crippen LogP contribution in [0.1, 0.15) is 64.7 Å². The molecule has 2 aliphatic carbocycles. The third kappa shape index (κ3) is 4.55. The monoisotopic (exact) mass is 350 g/mol. The summed E-state index contributed by atoms with van der Waals surface area (Å²) in [6, 6.07) is 0. The Morgan fingerprint density at radius 1 is 0.800 bits per heavy atom. The number of rotatable bonds is 3. The molecule has 1 atom stereocenters. The summed E-state index contributed by atoms with van der Waals surface area (Å²) in [6.07, 6.45) is 10.6. The lowest BCUT2D eigenvalue weighted by molar-refractivity contribution is -0.146. The summed E-state index contributed by atoms with van der Waals surface area (Å²) in [4.78, 5) is 28.3. The van der Waals surface area contributed by atoms with Gasteiger partial charge in [-0.3, -0.25) is 9.59 Å². The van der Waals surface area contributed by atoms with E-state index in [1.54, 1.807) is 4.90 Å². The first kappa shape index (κ1) is 18.7. The third-order valence-electron chi connectivity index (χ3n) is 6.70. The minimum atomic E-state index is -0.947. The summed E-state index contributed by atoms with van der Waals surface area (Å²) in [5.74, 6) is 2.04. The molecule has 1 heterocycles. The lowest BCUT2D eigenvalue weighted by Gasteiger charge is -2.39. The van der Waals surface area contributed by atoms with Gasteiger partial charge >= 0.3 is 0 Å². The molecule has 1 unspecified atom stereocenters. The van der Waals surface area contributed by atoms with Gasteiger partial charge in [-0.1, -0.05) is 32.1 Å². The average molecular weight is 351 g/mol. The van der Waals surface area contributed by atoms with Crippen LogP contribution in [0.2, 0.25) is 0 Å². The zero-order valence-electron chi connectivity index (χ0n) is 15.7. The Labute approximate surface area is 151 Å². The predicted molar refractivity (Wildman–Crippen MR) is 96.9 cm³/mol. The molecule has 0 spiro atoms. The molecule has 1 N–H and O–H groups in total. The van der Waals surface area contributed by atoms with E-state index in [0.717, 1.165) is 24.7 Å². The Hall–Kier alpha value is -1.10. The molecule has 25 heavy (non-hydrogen) atoms. The van der Waals surface area contributed by atoms with Crippen LogP contribution in [0.25, 0.3) is 0 Å². The number of hydrogen-bond donors (Lipinski definition) is 1. The number of amides is 2. The Balaban J connectivity index is 1.43. The Kier molecular flexibility index (Phi) is 6.37. The summed E-state index contributed by atoms with van der Waals surface area (Å²) in [5.41, 5.74) is 0. The van der Waals surface area contributed by atoms with Crippen molar-refractivity contribution in [2.75, 3.05) is 26.2 Å². The Morgan fingerprint density at radius 3 is 1.88 bits per heavy atom. The van der Waals surface area contributed by atoms with Crippen molar-refractivity contribution in [1.29, 1.82) is 0 Å². The zero-order chi connectivity index (χ0) is 17.8. The molecule has 5 nitrogen and oxygen atoms in total. The molecule has 1 aliphatic heterocycles. The maximum atomic E-state index is 12.8. The molecule has 2 amide bonds. The van der Waals surface area contributed by atoms with E-state index < -0.39 is 6.10 Å². The van der Waals surface area contributed by atoms with Gasteiger partial charge in [-0.05, 0) is 44.4 Å². The fraction of sp³-hybridized carbons (Fsp3) is 0.900. The minimum absolute atomic E-state index is 0.193. The van der Waals surface area contributed by atoms with Gasteiger partial charge < -0.3 is 14.9 Å². The number of nitrogens with zero attached hydrogens (tertiary/aromatic N) is 2. The van der Waals surface area contributed by atoms with Crippen LogP contribution in [-0.2, 0) is 9.59 Å². The van der Waals surface area contributed by atoms with Crippen molar-refractivity contribution in [2.45, 2.75) is 70.8 Å². The number of hydrogen-bond acceptors (Lipinski definition) is 3. The highest BCUT2D eigenvalue weighted by Gasteiger charge is 2.34. The van der Waals surface area contributed by atoms with E-state index in [1.165, 1.54) is 51.9 Å². The quantitative estimate of drug-likeness (QED) is 0.850. The molecule has 0 aromatic heterocycles. The van der Waals surface area contributed by atoms with Crippen LogP contribution in [0.3, 0.4) is 0 Å². The molecule has 0 radical (unpaired) electrons. The topological polar surface area (TPSA) is 60.9 Å².